The molecule has 0 bridgehead atoms. The van der Waals surface area contributed by atoms with Crippen LogP contribution in [0.2, 0.25) is 0 Å². The second kappa shape index (κ2) is 8.57. The number of hydrogen-bond acceptors (Lipinski definition) is 3. The highest BCUT2D eigenvalue weighted by atomic mass is 16.2. The van der Waals surface area contributed by atoms with Crippen molar-refractivity contribution in [1.29, 1.82) is 0 Å². The quantitative estimate of drug-likeness (QED) is 0.882. The summed E-state index contributed by atoms with van der Waals surface area (Å²) in [4.78, 5) is 17.3. The second-order valence-electron chi connectivity index (χ2n) is 7.62. The molecule has 0 radical (unpaired) electrons. The molecular formula is C23H31N3O. The van der Waals surface area contributed by atoms with Gasteiger partial charge in [0.05, 0.1) is 6.04 Å². The number of amides is 1. The van der Waals surface area contributed by atoms with Crippen molar-refractivity contribution in [3.63, 3.8) is 0 Å². The molecule has 3 rings (SSSR count). The van der Waals surface area contributed by atoms with Gasteiger partial charge in [-0.3, -0.25) is 9.69 Å². The number of nitrogens with one attached hydrogen (secondary N) is 1. The first kappa shape index (κ1) is 19.4. The van der Waals surface area contributed by atoms with Gasteiger partial charge in [0.25, 0.3) is 0 Å². The molecular weight excluding hydrogens is 334 g/mol. The highest BCUT2D eigenvalue weighted by Gasteiger charge is 2.26. The Morgan fingerprint density at radius 1 is 1.00 bits per heavy atom. The Bertz CT molecular complexity index is 777. The molecule has 1 N–H and O–H groups in total. The maximum absolute atomic E-state index is 12.6. The summed E-state index contributed by atoms with van der Waals surface area (Å²) in [6.45, 7) is 12.8. The van der Waals surface area contributed by atoms with Gasteiger partial charge in [0.15, 0.2) is 0 Å². The summed E-state index contributed by atoms with van der Waals surface area (Å²) >= 11 is 0. The first-order valence-electron chi connectivity index (χ1n) is 9.84. The zero-order valence-corrected chi connectivity index (χ0v) is 17.0. The average Bonchev–Trinajstić information content (AvgIpc) is 2.69. The van der Waals surface area contributed by atoms with E-state index in [-0.39, 0.29) is 11.9 Å². The van der Waals surface area contributed by atoms with Crippen molar-refractivity contribution in [1.82, 2.24) is 10.2 Å². The highest BCUT2D eigenvalue weighted by Crippen LogP contribution is 2.24. The van der Waals surface area contributed by atoms with Gasteiger partial charge in [-0.05, 0) is 50.5 Å². The zero-order valence-electron chi connectivity index (χ0n) is 17.0. The fourth-order valence-corrected chi connectivity index (χ4v) is 3.64. The predicted octanol–water partition coefficient (Wildman–Crippen LogP) is 3.44. The summed E-state index contributed by atoms with van der Waals surface area (Å²) in [6.07, 6.45) is 0. The Balaban J connectivity index is 1.51. The van der Waals surface area contributed by atoms with E-state index in [9.17, 15) is 4.79 Å². The van der Waals surface area contributed by atoms with Crippen molar-refractivity contribution in [2.45, 2.75) is 40.3 Å². The van der Waals surface area contributed by atoms with Crippen molar-refractivity contribution in [3.8, 4) is 0 Å². The molecule has 0 spiro atoms. The predicted molar refractivity (Wildman–Crippen MR) is 112 cm³/mol. The molecule has 1 amide bonds. The minimum absolute atomic E-state index is 0.101. The minimum atomic E-state index is -0.101. The van der Waals surface area contributed by atoms with E-state index < -0.39 is 0 Å². The molecule has 1 saturated heterocycles. The number of piperazine rings is 1. The van der Waals surface area contributed by atoms with Crippen LogP contribution in [0.5, 0.6) is 0 Å². The lowest BCUT2D eigenvalue weighted by Gasteiger charge is -2.39. The summed E-state index contributed by atoms with van der Waals surface area (Å²) in [5, 5.41) is 3.08. The molecule has 4 heteroatoms. The molecule has 0 aromatic heterocycles. The number of hydrogen-bond donors (Lipinski definition) is 1. The average molecular weight is 366 g/mol. The third-order valence-electron chi connectivity index (χ3n) is 5.75. The van der Waals surface area contributed by atoms with Crippen LogP contribution in [0.15, 0.2) is 42.5 Å². The lowest BCUT2D eigenvalue weighted by molar-refractivity contribution is -0.126. The van der Waals surface area contributed by atoms with E-state index in [1.54, 1.807) is 0 Å². The molecule has 0 saturated carbocycles. The van der Waals surface area contributed by atoms with Gasteiger partial charge in [0, 0.05) is 38.4 Å². The van der Waals surface area contributed by atoms with Crippen molar-refractivity contribution in [2.75, 3.05) is 31.1 Å². The van der Waals surface area contributed by atoms with Crippen LogP contribution in [0.1, 0.15) is 29.2 Å². The Morgan fingerprint density at radius 3 is 2.33 bits per heavy atom. The van der Waals surface area contributed by atoms with Gasteiger partial charge < -0.3 is 10.2 Å². The third kappa shape index (κ3) is 4.69. The summed E-state index contributed by atoms with van der Waals surface area (Å²) < 4.78 is 0. The van der Waals surface area contributed by atoms with E-state index in [0.29, 0.717) is 6.54 Å². The maximum Gasteiger partial charge on any atom is 0.237 e. The first-order valence-corrected chi connectivity index (χ1v) is 9.84. The van der Waals surface area contributed by atoms with Crippen LogP contribution in [0, 0.1) is 20.8 Å². The Kier molecular flexibility index (Phi) is 6.17. The standard InChI is InChI=1S/C23H31N3O/c1-17-8-10-21(11-9-17)16-24-23(27)20(4)25-12-14-26(15-13-25)22-7-5-6-18(2)19(22)3/h5-11,20H,12-16H2,1-4H3,(H,24,27)/t20-/m0/s1. The second-order valence-corrected chi connectivity index (χ2v) is 7.62. The largest absolute Gasteiger partial charge is 0.369 e. The fourth-order valence-electron chi connectivity index (χ4n) is 3.64. The molecule has 1 aliphatic heterocycles. The van der Waals surface area contributed by atoms with Crippen LogP contribution in [0.4, 0.5) is 5.69 Å². The highest BCUT2D eigenvalue weighted by molar-refractivity contribution is 5.81. The van der Waals surface area contributed by atoms with Crippen LogP contribution in [0.3, 0.4) is 0 Å². The summed E-state index contributed by atoms with van der Waals surface area (Å²) in [7, 11) is 0. The van der Waals surface area contributed by atoms with Crippen LogP contribution < -0.4 is 10.2 Å². The Labute approximate surface area is 163 Å². The van der Waals surface area contributed by atoms with E-state index in [1.165, 1.54) is 22.4 Å². The number of rotatable bonds is 5. The molecule has 1 fully saturated rings. The van der Waals surface area contributed by atoms with Crippen LogP contribution in [0.25, 0.3) is 0 Å². The number of nitrogens with zero attached hydrogens (tertiary/aromatic N) is 2. The molecule has 0 aliphatic carbocycles. The summed E-state index contributed by atoms with van der Waals surface area (Å²) in [6, 6.07) is 14.7. The molecule has 1 atom stereocenters. The fraction of sp³-hybridized carbons (Fsp3) is 0.435. The number of carbonyl (C=O) groups is 1. The van der Waals surface area contributed by atoms with Gasteiger partial charge in [-0.2, -0.15) is 0 Å². The van der Waals surface area contributed by atoms with E-state index in [2.05, 4.69) is 78.4 Å². The molecule has 2 aromatic carbocycles. The first-order chi connectivity index (χ1) is 13.0. The topological polar surface area (TPSA) is 35.6 Å². The monoisotopic (exact) mass is 365 g/mol. The summed E-state index contributed by atoms with van der Waals surface area (Å²) in [5.41, 5.74) is 6.39. The Hall–Kier alpha value is -2.33. The van der Waals surface area contributed by atoms with Crippen LogP contribution in [-0.2, 0) is 11.3 Å². The van der Waals surface area contributed by atoms with Gasteiger partial charge >= 0.3 is 0 Å². The molecule has 144 valence electrons. The smallest absolute Gasteiger partial charge is 0.237 e. The third-order valence-corrected chi connectivity index (χ3v) is 5.75. The van der Waals surface area contributed by atoms with E-state index >= 15 is 0 Å². The van der Waals surface area contributed by atoms with Crippen molar-refractivity contribution >= 4 is 11.6 Å². The van der Waals surface area contributed by atoms with Crippen molar-refractivity contribution in [2.24, 2.45) is 0 Å². The SMILES string of the molecule is Cc1ccc(CNC(=O)[C@H](C)N2CCN(c3cccc(C)c3C)CC2)cc1. The lowest BCUT2D eigenvalue weighted by atomic mass is 10.1. The van der Waals surface area contributed by atoms with Gasteiger partial charge in [0.2, 0.25) is 5.91 Å². The molecule has 1 heterocycles. The molecule has 4 nitrogen and oxygen atoms in total. The van der Waals surface area contributed by atoms with Gasteiger partial charge in [-0.1, -0.05) is 42.0 Å². The number of aryl methyl sites for hydroxylation is 2. The van der Waals surface area contributed by atoms with Gasteiger partial charge in [-0.25, -0.2) is 0 Å². The van der Waals surface area contributed by atoms with Gasteiger partial charge in [-0.15, -0.1) is 0 Å². The van der Waals surface area contributed by atoms with Crippen LogP contribution in [-0.4, -0.2) is 43.0 Å². The van der Waals surface area contributed by atoms with Crippen molar-refractivity contribution in [3.05, 3.63) is 64.7 Å². The number of anilines is 1. The van der Waals surface area contributed by atoms with Crippen LogP contribution >= 0.6 is 0 Å². The van der Waals surface area contributed by atoms with E-state index in [4.69, 9.17) is 0 Å². The molecule has 0 unspecified atom stereocenters. The van der Waals surface area contributed by atoms with E-state index in [1.807, 2.05) is 6.92 Å². The Morgan fingerprint density at radius 2 is 1.67 bits per heavy atom. The van der Waals surface area contributed by atoms with E-state index in [0.717, 1.165) is 31.7 Å². The number of carbonyl (C=O) groups excluding carboxylic acids is 1. The van der Waals surface area contributed by atoms with Crippen molar-refractivity contribution < 1.29 is 4.79 Å². The zero-order chi connectivity index (χ0) is 19.4. The number of benzene rings is 2. The minimum Gasteiger partial charge on any atom is -0.369 e. The molecule has 2 aromatic rings. The molecule has 1 aliphatic rings. The summed E-state index contributed by atoms with van der Waals surface area (Å²) in [5.74, 6) is 0.107. The van der Waals surface area contributed by atoms with Gasteiger partial charge in [0.1, 0.15) is 0 Å². The molecule has 27 heavy (non-hydrogen) atoms. The lowest BCUT2D eigenvalue weighted by Crippen LogP contribution is -2.54. The maximum atomic E-state index is 12.6. The normalized spacial score (nSPS) is 16.2.